The summed E-state index contributed by atoms with van der Waals surface area (Å²) in [5, 5.41) is 2.09. The van der Waals surface area contributed by atoms with Gasteiger partial charge in [-0.25, -0.2) is 0 Å². The number of hydrogen-bond acceptors (Lipinski definition) is 3. The molecule has 0 amide bonds. The Morgan fingerprint density at radius 1 is 1.06 bits per heavy atom. The van der Waals surface area contributed by atoms with Gasteiger partial charge in [-0.3, -0.25) is 0 Å². The molecule has 1 aliphatic heterocycles. The third-order valence-corrected chi connectivity index (χ3v) is 3.51. The topological polar surface area (TPSA) is 18.5 Å². The van der Waals surface area contributed by atoms with Crippen molar-refractivity contribution in [2.45, 2.75) is 6.29 Å². The Hall–Kier alpha value is -1.16. The summed E-state index contributed by atoms with van der Waals surface area (Å²) >= 11 is 1.75. The Morgan fingerprint density at radius 2 is 1.94 bits per heavy atom. The van der Waals surface area contributed by atoms with E-state index in [1.54, 1.807) is 11.3 Å². The van der Waals surface area contributed by atoms with E-state index in [1.807, 2.05) is 6.07 Å². The van der Waals surface area contributed by atoms with E-state index in [1.165, 1.54) is 10.4 Å². The Morgan fingerprint density at radius 3 is 2.69 bits per heavy atom. The maximum Gasteiger partial charge on any atom is 0.184 e. The molecule has 16 heavy (non-hydrogen) atoms. The van der Waals surface area contributed by atoms with Gasteiger partial charge in [-0.05, 0) is 23.1 Å². The third-order valence-electron chi connectivity index (χ3n) is 2.59. The standard InChI is InChI=1S/C13H12O2S/c1-3-10(12-5-2-8-16-12)9-11(4-1)13-14-6-7-15-13/h1-5,8-9,13H,6-7H2. The maximum atomic E-state index is 5.49. The number of benzene rings is 1. The zero-order chi connectivity index (χ0) is 10.8. The molecule has 0 aliphatic carbocycles. The summed E-state index contributed by atoms with van der Waals surface area (Å²) in [5.74, 6) is 0. The van der Waals surface area contributed by atoms with Crippen molar-refractivity contribution in [3.8, 4) is 10.4 Å². The SMILES string of the molecule is c1cc(-c2cccs2)cc(C2OCCO2)c1. The Kier molecular flexibility index (Phi) is 2.74. The maximum absolute atomic E-state index is 5.49. The molecule has 1 saturated heterocycles. The molecule has 1 aromatic heterocycles. The van der Waals surface area contributed by atoms with E-state index in [0.29, 0.717) is 13.2 Å². The number of thiophene rings is 1. The minimum absolute atomic E-state index is 0.181. The van der Waals surface area contributed by atoms with Crippen LogP contribution in [0.15, 0.2) is 41.8 Å². The zero-order valence-electron chi connectivity index (χ0n) is 8.76. The zero-order valence-corrected chi connectivity index (χ0v) is 9.57. The van der Waals surface area contributed by atoms with Crippen LogP contribution in [0.2, 0.25) is 0 Å². The van der Waals surface area contributed by atoms with Gasteiger partial charge in [-0.2, -0.15) is 0 Å². The Labute approximate surface area is 98.4 Å². The predicted octanol–water partition coefficient (Wildman–Crippen LogP) is 3.46. The summed E-state index contributed by atoms with van der Waals surface area (Å²) in [4.78, 5) is 1.28. The van der Waals surface area contributed by atoms with Crippen molar-refractivity contribution in [3.63, 3.8) is 0 Å². The minimum Gasteiger partial charge on any atom is -0.346 e. The van der Waals surface area contributed by atoms with Crippen LogP contribution in [-0.4, -0.2) is 13.2 Å². The second kappa shape index (κ2) is 4.37. The molecular weight excluding hydrogens is 220 g/mol. The third kappa shape index (κ3) is 1.89. The van der Waals surface area contributed by atoms with Crippen LogP contribution in [0, 0.1) is 0 Å². The summed E-state index contributed by atoms with van der Waals surface area (Å²) in [6.45, 7) is 1.38. The average Bonchev–Trinajstić information content (AvgIpc) is 3.03. The van der Waals surface area contributed by atoms with Crippen LogP contribution in [0.5, 0.6) is 0 Å². The highest BCUT2D eigenvalue weighted by Gasteiger charge is 2.18. The van der Waals surface area contributed by atoms with E-state index in [9.17, 15) is 0 Å². The fourth-order valence-electron chi connectivity index (χ4n) is 1.83. The number of ether oxygens (including phenoxy) is 2. The molecule has 0 bridgehead atoms. The van der Waals surface area contributed by atoms with E-state index in [2.05, 4.69) is 35.7 Å². The van der Waals surface area contributed by atoms with Gasteiger partial charge in [0, 0.05) is 10.4 Å². The summed E-state index contributed by atoms with van der Waals surface area (Å²) < 4.78 is 11.0. The summed E-state index contributed by atoms with van der Waals surface area (Å²) in [6, 6.07) is 12.5. The van der Waals surface area contributed by atoms with Gasteiger partial charge < -0.3 is 9.47 Å². The van der Waals surface area contributed by atoms with Crippen molar-refractivity contribution in [1.29, 1.82) is 0 Å². The van der Waals surface area contributed by atoms with Gasteiger partial charge in [0.1, 0.15) is 0 Å². The van der Waals surface area contributed by atoms with Gasteiger partial charge in [0.05, 0.1) is 13.2 Å². The molecule has 0 N–H and O–H groups in total. The minimum atomic E-state index is -0.181. The first kappa shape index (κ1) is 10.0. The fraction of sp³-hybridized carbons (Fsp3) is 0.231. The first-order valence-electron chi connectivity index (χ1n) is 5.30. The number of hydrogen-bond donors (Lipinski definition) is 0. The van der Waals surface area contributed by atoms with Crippen LogP contribution in [0.1, 0.15) is 11.9 Å². The molecule has 3 rings (SSSR count). The normalized spacial score (nSPS) is 16.8. The van der Waals surface area contributed by atoms with Crippen molar-refractivity contribution in [2.75, 3.05) is 13.2 Å². The lowest BCUT2D eigenvalue weighted by Gasteiger charge is -2.10. The molecule has 0 radical (unpaired) electrons. The fourth-order valence-corrected chi connectivity index (χ4v) is 2.56. The molecule has 1 aliphatic rings. The molecule has 0 atom stereocenters. The molecule has 2 nitrogen and oxygen atoms in total. The van der Waals surface area contributed by atoms with Gasteiger partial charge in [-0.1, -0.05) is 24.3 Å². The second-order valence-electron chi connectivity index (χ2n) is 3.68. The van der Waals surface area contributed by atoms with Crippen LogP contribution in [-0.2, 0) is 9.47 Å². The molecule has 82 valence electrons. The van der Waals surface area contributed by atoms with Crippen LogP contribution in [0.4, 0.5) is 0 Å². The van der Waals surface area contributed by atoms with Gasteiger partial charge >= 0.3 is 0 Å². The lowest BCUT2D eigenvalue weighted by Crippen LogP contribution is -1.97. The smallest absolute Gasteiger partial charge is 0.184 e. The van der Waals surface area contributed by atoms with Crippen molar-refractivity contribution < 1.29 is 9.47 Å². The van der Waals surface area contributed by atoms with E-state index in [-0.39, 0.29) is 6.29 Å². The number of rotatable bonds is 2. The molecule has 3 heteroatoms. The van der Waals surface area contributed by atoms with Crippen molar-refractivity contribution >= 4 is 11.3 Å². The van der Waals surface area contributed by atoms with Gasteiger partial charge in [0.2, 0.25) is 0 Å². The van der Waals surface area contributed by atoms with Crippen LogP contribution < -0.4 is 0 Å². The molecule has 2 heterocycles. The van der Waals surface area contributed by atoms with Gasteiger partial charge in [-0.15, -0.1) is 11.3 Å². The quantitative estimate of drug-likeness (QED) is 0.789. The van der Waals surface area contributed by atoms with Gasteiger partial charge in [0.25, 0.3) is 0 Å². The monoisotopic (exact) mass is 232 g/mol. The molecular formula is C13H12O2S. The summed E-state index contributed by atoms with van der Waals surface area (Å²) in [5.41, 5.74) is 2.33. The van der Waals surface area contributed by atoms with Crippen molar-refractivity contribution in [2.24, 2.45) is 0 Å². The Balaban J connectivity index is 1.93. The first-order valence-corrected chi connectivity index (χ1v) is 6.18. The summed E-state index contributed by atoms with van der Waals surface area (Å²) in [6.07, 6.45) is -0.181. The van der Waals surface area contributed by atoms with E-state index < -0.39 is 0 Å². The molecule has 1 aromatic carbocycles. The van der Waals surface area contributed by atoms with E-state index in [0.717, 1.165) is 5.56 Å². The van der Waals surface area contributed by atoms with Crippen LogP contribution in [0.3, 0.4) is 0 Å². The van der Waals surface area contributed by atoms with Gasteiger partial charge in [0.15, 0.2) is 6.29 Å². The largest absolute Gasteiger partial charge is 0.346 e. The van der Waals surface area contributed by atoms with E-state index >= 15 is 0 Å². The lowest BCUT2D eigenvalue weighted by molar-refractivity contribution is -0.0440. The molecule has 2 aromatic rings. The van der Waals surface area contributed by atoms with Crippen LogP contribution >= 0.6 is 11.3 Å². The van der Waals surface area contributed by atoms with Crippen molar-refractivity contribution in [1.82, 2.24) is 0 Å². The van der Waals surface area contributed by atoms with Crippen molar-refractivity contribution in [3.05, 3.63) is 47.3 Å². The molecule has 0 saturated carbocycles. The molecule has 1 fully saturated rings. The molecule has 0 unspecified atom stereocenters. The highest BCUT2D eigenvalue weighted by molar-refractivity contribution is 7.13. The van der Waals surface area contributed by atoms with E-state index in [4.69, 9.17) is 9.47 Å². The summed E-state index contributed by atoms with van der Waals surface area (Å²) in [7, 11) is 0. The van der Waals surface area contributed by atoms with Crippen LogP contribution in [0.25, 0.3) is 10.4 Å². The first-order chi connectivity index (χ1) is 7.93. The highest BCUT2D eigenvalue weighted by Crippen LogP contribution is 2.29. The molecule has 0 spiro atoms. The lowest BCUT2D eigenvalue weighted by atomic mass is 10.1. The predicted molar refractivity (Wildman–Crippen MR) is 64.4 cm³/mol. The average molecular weight is 232 g/mol. The Bertz CT molecular complexity index is 459. The highest BCUT2D eigenvalue weighted by atomic mass is 32.1. The second-order valence-corrected chi connectivity index (χ2v) is 4.62.